The average Bonchev–Trinajstić information content (AvgIpc) is 2.07. The summed E-state index contributed by atoms with van der Waals surface area (Å²) in [6.45, 7) is 1.78. The second-order valence-electron chi connectivity index (χ2n) is 3.01. The van der Waals surface area contributed by atoms with E-state index in [1.807, 2.05) is 6.08 Å². The van der Waals surface area contributed by atoms with E-state index in [-0.39, 0.29) is 0 Å². The Hall–Kier alpha value is -0.510. The largest absolute Gasteiger partial charge is 0.369 e. The zero-order valence-corrected chi connectivity index (χ0v) is 7.36. The maximum absolute atomic E-state index is 9.34. The van der Waals surface area contributed by atoms with E-state index in [2.05, 4.69) is 10.6 Å². The summed E-state index contributed by atoms with van der Waals surface area (Å²) in [5.41, 5.74) is 2.28. The highest BCUT2D eigenvalue weighted by Gasteiger charge is 2.20. The van der Waals surface area contributed by atoms with Gasteiger partial charge >= 0.3 is 0 Å². The van der Waals surface area contributed by atoms with Crippen LogP contribution < -0.4 is 10.6 Å². The molecule has 1 unspecified atom stereocenters. The molecule has 2 rings (SSSR count). The molecule has 0 spiro atoms. The van der Waals surface area contributed by atoms with Gasteiger partial charge in [-0.25, -0.2) is 0 Å². The molecule has 0 aliphatic carbocycles. The van der Waals surface area contributed by atoms with Gasteiger partial charge in [0.1, 0.15) is 0 Å². The number of rotatable bonds is 0. The SMILES string of the molecule is OC1NC2=C(C=C1Cl)CCNC2. The lowest BCUT2D eigenvalue weighted by Gasteiger charge is -2.27. The smallest absolute Gasteiger partial charge is 0.161 e. The fourth-order valence-electron chi connectivity index (χ4n) is 1.48. The van der Waals surface area contributed by atoms with Gasteiger partial charge in [-0.3, -0.25) is 0 Å². The molecule has 4 heteroatoms. The van der Waals surface area contributed by atoms with Gasteiger partial charge in [0.15, 0.2) is 6.23 Å². The Balaban J connectivity index is 2.26. The van der Waals surface area contributed by atoms with E-state index in [4.69, 9.17) is 11.6 Å². The predicted molar refractivity (Wildman–Crippen MR) is 47.6 cm³/mol. The van der Waals surface area contributed by atoms with Crippen molar-refractivity contribution in [2.75, 3.05) is 13.1 Å². The minimum atomic E-state index is -0.717. The second-order valence-corrected chi connectivity index (χ2v) is 3.44. The molecule has 3 nitrogen and oxygen atoms in total. The molecule has 66 valence electrons. The van der Waals surface area contributed by atoms with Gasteiger partial charge in [-0.05, 0) is 24.6 Å². The summed E-state index contributed by atoms with van der Waals surface area (Å²) in [5.74, 6) is 0. The monoisotopic (exact) mass is 186 g/mol. The summed E-state index contributed by atoms with van der Waals surface area (Å²) < 4.78 is 0. The number of dihydropyridines is 1. The molecule has 3 N–H and O–H groups in total. The maximum Gasteiger partial charge on any atom is 0.161 e. The van der Waals surface area contributed by atoms with E-state index < -0.39 is 6.23 Å². The summed E-state index contributed by atoms with van der Waals surface area (Å²) in [7, 11) is 0. The van der Waals surface area contributed by atoms with Crippen molar-refractivity contribution in [1.29, 1.82) is 0 Å². The van der Waals surface area contributed by atoms with Crippen molar-refractivity contribution in [3.8, 4) is 0 Å². The Morgan fingerprint density at radius 2 is 2.42 bits per heavy atom. The van der Waals surface area contributed by atoms with Crippen molar-refractivity contribution in [3.05, 3.63) is 22.4 Å². The molecule has 0 saturated carbocycles. The van der Waals surface area contributed by atoms with Crippen LogP contribution in [0.2, 0.25) is 0 Å². The minimum Gasteiger partial charge on any atom is -0.369 e. The third-order valence-corrected chi connectivity index (χ3v) is 2.46. The number of hydrogen-bond acceptors (Lipinski definition) is 3. The van der Waals surface area contributed by atoms with Crippen LogP contribution in [-0.2, 0) is 0 Å². The summed E-state index contributed by atoms with van der Waals surface area (Å²) in [4.78, 5) is 0. The molecule has 0 bridgehead atoms. The molecule has 12 heavy (non-hydrogen) atoms. The molecule has 0 amide bonds. The quantitative estimate of drug-likeness (QED) is 0.509. The summed E-state index contributed by atoms with van der Waals surface area (Å²) in [6, 6.07) is 0. The zero-order chi connectivity index (χ0) is 8.55. The van der Waals surface area contributed by atoms with Crippen LogP contribution in [0.5, 0.6) is 0 Å². The molecular formula is C8H11ClN2O. The van der Waals surface area contributed by atoms with Crippen LogP contribution in [0.4, 0.5) is 0 Å². The van der Waals surface area contributed by atoms with E-state index in [0.717, 1.165) is 25.2 Å². The Kier molecular flexibility index (Phi) is 2.09. The third kappa shape index (κ3) is 1.35. The second kappa shape index (κ2) is 3.09. The van der Waals surface area contributed by atoms with Crippen LogP contribution in [-0.4, -0.2) is 24.4 Å². The number of aliphatic hydroxyl groups is 1. The van der Waals surface area contributed by atoms with Crippen molar-refractivity contribution in [2.24, 2.45) is 0 Å². The Bertz CT molecular complexity index is 260. The van der Waals surface area contributed by atoms with Gasteiger partial charge in [0.25, 0.3) is 0 Å². The van der Waals surface area contributed by atoms with Crippen LogP contribution >= 0.6 is 11.6 Å². The van der Waals surface area contributed by atoms with Crippen LogP contribution in [0.25, 0.3) is 0 Å². The number of halogens is 1. The molecule has 2 aliphatic heterocycles. The molecule has 0 aromatic carbocycles. The molecule has 0 fully saturated rings. The summed E-state index contributed by atoms with van der Waals surface area (Å²) in [6.07, 6.45) is 2.12. The lowest BCUT2D eigenvalue weighted by molar-refractivity contribution is 0.188. The molecule has 0 radical (unpaired) electrons. The van der Waals surface area contributed by atoms with Crippen LogP contribution in [0, 0.1) is 0 Å². The maximum atomic E-state index is 9.34. The third-order valence-electron chi connectivity index (χ3n) is 2.14. The van der Waals surface area contributed by atoms with Crippen LogP contribution in [0.3, 0.4) is 0 Å². The van der Waals surface area contributed by atoms with Gasteiger partial charge in [-0.2, -0.15) is 0 Å². The number of nitrogens with one attached hydrogen (secondary N) is 2. The predicted octanol–water partition coefficient (Wildman–Crippen LogP) is 0.278. The lowest BCUT2D eigenvalue weighted by Crippen LogP contribution is -2.39. The fourth-order valence-corrected chi connectivity index (χ4v) is 1.67. The molecule has 0 aromatic rings. The highest BCUT2D eigenvalue weighted by molar-refractivity contribution is 6.30. The molecule has 0 aromatic heterocycles. The zero-order valence-electron chi connectivity index (χ0n) is 6.60. The average molecular weight is 187 g/mol. The highest BCUT2D eigenvalue weighted by atomic mass is 35.5. The number of aliphatic hydroxyl groups excluding tert-OH is 1. The van der Waals surface area contributed by atoms with Crippen molar-refractivity contribution < 1.29 is 5.11 Å². The Labute approximate surface area is 76.1 Å². The number of allylic oxidation sites excluding steroid dienone is 1. The van der Waals surface area contributed by atoms with E-state index in [0.29, 0.717) is 5.03 Å². The topological polar surface area (TPSA) is 44.3 Å². The summed E-state index contributed by atoms with van der Waals surface area (Å²) >= 11 is 5.78. The highest BCUT2D eigenvalue weighted by Crippen LogP contribution is 2.22. The first-order valence-corrected chi connectivity index (χ1v) is 4.39. The molecule has 1 atom stereocenters. The first kappa shape index (κ1) is 8.10. The van der Waals surface area contributed by atoms with E-state index in [9.17, 15) is 5.11 Å². The van der Waals surface area contributed by atoms with Crippen LogP contribution in [0.1, 0.15) is 6.42 Å². The van der Waals surface area contributed by atoms with Gasteiger partial charge in [0, 0.05) is 12.2 Å². The van der Waals surface area contributed by atoms with Crippen molar-refractivity contribution in [2.45, 2.75) is 12.6 Å². The molecular weight excluding hydrogens is 176 g/mol. The van der Waals surface area contributed by atoms with Gasteiger partial charge in [-0.1, -0.05) is 11.6 Å². The lowest BCUT2D eigenvalue weighted by atomic mass is 10.0. The van der Waals surface area contributed by atoms with Gasteiger partial charge in [-0.15, -0.1) is 0 Å². The van der Waals surface area contributed by atoms with E-state index >= 15 is 0 Å². The van der Waals surface area contributed by atoms with Gasteiger partial charge in [0.05, 0.1) is 5.03 Å². The molecule has 2 heterocycles. The van der Waals surface area contributed by atoms with E-state index in [1.54, 1.807) is 0 Å². The first-order valence-electron chi connectivity index (χ1n) is 4.02. The van der Waals surface area contributed by atoms with Gasteiger partial charge < -0.3 is 15.7 Å². The van der Waals surface area contributed by atoms with Crippen LogP contribution in [0.15, 0.2) is 22.4 Å². The van der Waals surface area contributed by atoms with Gasteiger partial charge in [0.2, 0.25) is 0 Å². The first-order chi connectivity index (χ1) is 5.77. The normalized spacial score (nSPS) is 29.2. The summed E-state index contributed by atoms with van der Waals surface area (Å²) in [5, 5.41) is 16.0. The fraction of sp³-hybridized carbons (Fsp3) is 0.500. The number of hydrogen-bond donors (Lipinski definition) is 3. The van der Waals surface area contributed by atoms with Crippen molar-refractivity contribution in [3.63, 3.8) is 0 Å². The standard InChI is InChI=1S/C8H11ClN2O/c9-6-3-5-1-2-10-4-7(5)11-8(6)12/h3,8,10-12H,1-2,4H2. The molecule has 2 aliphatic rings. The van der Waals surface area contributed by atoms with E-state index in [1.165, 1.54) is 5.57 Å². The Morgan fingerprint density at radius 3 is 3.25 bits per heavy atom. The minimum absolute atomic E-state index is 0.482. The van der Waals surface area contributed by atoms with Crippen molar-refractivity contribution in [1.82, 2.24) is 10.6 Å². The van der Waals surface area contributed by atoms with Crippen molar-refractivity contribution >= 4 is 11.6 Å². The Morgan fingerprint density at radius 1 is 1.58 bits per heavy atom. The molecule has 0 saturated heterocycles.